The summed E-state index contributed by atoms with van der Waals surface area (Å²) in [5, 5.41) is 3.43. The van der Waals surface area contributed by atoms with Crippen molar-refractivity contribution in [1.29, 1.82) is 0 Å². The number of halogens is 1. The van der Waals surface area contributed by atoms with Crippen LogP contribution in [0.25, 0.3) is 0 Å². The molecule has 6 nitrogen and oxygen atoms in total. The van der Waals surface area contributed by atoms with Gasteiger partial charge in [-0.2, -0.15) is 4.31 Å². The molecule has 3 atom stereocenters. The van der Waals surface area contributed by atoms with Crippen LogP contribution in [0, 0.1) is 11.8 Å². The maximum atomic E-state index is 12.8. The van der Waals surface area contributed by atoms with Gasteiger partial charge in [0.15, 0.2) is 0 Å². The Hall–Kier alpha value is -1.15. The Morgan fingerprint density at radius 2 is 1.82 bits per heavy atom. The van der Waals surface area contributed by atoms with Crippen LogP contribution in [0.1, 0.15) is 33.1 Å². The lowest BCUT2D eigenvalue weighted by molar-refractivity contribution is -0.124. The molecular formula is C20H30ClN3O3S. The van der Waals surface area contributed by atoms with Gasteiger partial charge >= 0.3 is 0 Å². The van der Waals surface area contributed by atoms with E-state index in [2.05, 4.69) is 19.2 Å². The van der Waals surface area contributed by atoms with Crippen molar-refractivity contribution in [2.75, 3.05) is 32.7 Å². The molecule has 0 radical (unpaired) electrons. The van der Waals surface area contributed by atoms with Gasteiger partial charge < -0.3 is 5.32 Å². The highest BCUT2D eigenvalue weighted by Gasteiger charge is 2.32. The van der Waals surface area contributed by atoms with E-state index >= 15 is 0 Å². The number of benzene rings is 1. The van der Waals surface area contributed by atoms with E-state index in [-0.39, 0.29) is 21.9 Å². The molecule has 28 heavy (non-hydrogen) atoms. The molecule has 1 aromatic rings. The van der Waals surface area contributed by atoms with Gasteiger partial charge in [-0.25, -0.2) is 8.42 Å². The number of carbonyl (C=O) groups excluding carboxylic acids is 1. The summed E-state index contributed by atoms with van der Waals surface area (Å²) in [6, 6.07) is 6.75. The zero-order valence-corrected chi connectivity index (χ0v) is 18.2. The number of nitrogens with zero attached hydrogens (tertiary/aromatic N) is 2. The molecule has 1 aliphatic heterocycles. The number of carbonyl (C=O) groups is 1. The van der Waals surface area contributed by atoms with Crippen LogP contribution in [-0.2, 0) is 14.8 Å². The third kappa shape index (κ3) is 4.87. The van der Waals surface area contributed by atoms with Crippen LogP contribution in [0.3, 0.4) is 0 Å². The van der Waals surface area contributed by atoms with Crippen LogP contribution in [0.2, 0.25) is 5.02 Å². The van der Waals surface area contributed by atoms with Crippen LogP contribution >= 0.6 is 11.6 Å². The predicted molar refractivity (Wildman–Crippen MR) is 111 cm³/mol. The summed E-state index contributed by atoms with van der Waals surface area (Å²) in [5.41, 5.74) is 0. The molecule has 1 N–H and O–H groups in total. The highest BCUT2D eigenvalue weighted by molar-refractivity contribution is 7.89. The molecule has 0 unspecified atom stereocenters. The van der Waals surface area contributed by atoms with Gasteiger partial charge in [0.1, 0.15) is 4.90 Å². The van der Waals surface area contributed by atoms with Crippen molar-refractivity contribution >= 4 is 27.5 Å². The fourth-order valence-corrected chi connectivity index (χ4v) is 6.08. The number of hydrogen-bond acceptors (Lipinski definition) is 4. The summed E-state index contributed by atoms with van der Waals surface area (Å²) in [4.78, 5) is 14.6. The molecule has 156 valence electrons. The third-order valence-electron chi connectivity index (χ3n) is 6.21. The minimum atomic E-state index is -3.61. The third-order valence-corrected chi connectivity index (χ3v) is 8.60. The first-order chi connectivity index (χ1) is 13.3. The summed E-state index contributed by atoms with van der Waals surface area (Å²) in [7, 11) is -3.61. The highest BCUT2D eigenvalue weighted by atomic mass is 35.5. The molecule has 1 heterocycles. The van der Waals surface area contributed by atoms with Crippen molar-refractivity contribution in [1.82, 2.24) is 14.5 Å². The van der Waals surface area contributed by atoms with Gasteiger partial charge in [0, 0.05) is 32.2 Å². The Morgan fingerprint density at radius 1 is 1.14 bits per heavy atom. The van der Waals surface area contributed by atoms with Gasteiger partial charge in [-0.3, -0.25) is 9.69 Å². The van der Waals surface area contributed by atoms with Crippen molar-refractivity contribution in [3.63, 3.8) is 0 Å². The molecule has 2 aliphatic rings. The SMILES string of the molecule is C[C@@H]1[C@H](C)CCC[C@H]1NC(=O)CN1CCN(S(=O)(=O)c2ccccc2Cl)CC1. The van der Waals surface area contributed by atoms with E-state index in [9.17, 15) is 13.2 Å². The molecule has 0 spiro atoms. The molecule has 1 aromatic carbocycles. The van der Waals surface area contributed by atoms with Crippen LogP contribution in [0.5, 0.6) is 0 Å². The molecular weight excluding hydrogens is 398 g/mol. The van der Waals surface area contributed by atoms with Gasteiger partial charge in [-0.15, -0.1) is 0 Å². The quantitative estimate of drug-likeness (QED) is 0.784. The van der Waals surface area contributed by atoms with Crippen LogP contribution in [-0.4, -0.2) is 62.3 Å². The molecule has 0 bridgehead atoms. The normalized spacial score (nSPS) is 27.5. The van der Waals surface area contributed by atoms with Gasteiger partial charge in [-0.1, -0.05) is 50.4 Å². The Labute approximate surface area is 173 Å². The average Bonchev–Trinajstić information content (AvgIpc) is 2.66. The predicted octanol–water partition coefficient (Wildman–Crippen LogP) is 2.59. The second-order valence-electron chi connectivity index (χ2n) is 8.05. The van der Waals surface area contributed by atoms with Crippen molar-refractivity contribution in [2.24, 2.45) is 11.8 Å². The summed E-state index contributed by atoms with van der Waals surface area (Å²) >= 11 is 6.07. The molecule has 1 aliphatic carbocycles. The number of amides is 1. The van der Waals surface area contributed by atoms with Crippen LogP contribution in [0.15, 0.2) is 29.2 Å². The topological polar surface area (TPSA) is 69.7 Å². The van der Waals surface area contributed by atoms with Crippen LogP contribution < -0.4 is 5.32 Å². The molecule has 3 rings (SSSR count). The lowest BCUT2D eigenvalue weighted by atomic mass is 9.78. The van der Waals surface area contributed by atoms with Crippen LogP contribution in [0.4, 0.5) is 0 Å². The summed E-state index contributed by atoms with van der Waals surface area (Å²) in [6.07, 6.45) is 3.44. The second kappa shape index (κ2) is 9.11. The molecule has 1 amide bonds. The molecule has 0 aromatic heterocycles. The largest absolute Gasteiger partial charge is 0.352 e. The van der Waals surface area contributed by atoms with Crippen molar-refractivity contribution in [3.8, 4) is 0 Å². The van der Waals surface area contributed by atoms with E-state index in [1.165, 1.54) is 16.8 Å². The number of rotatable bonds is 5. The van der Waals surface area contributed by atoms with E-state index in [1.807, 2.05) is 4.90 Å². The van der Waals surface area contributed by atoms with E-state index in [4.69, 9.17) is 11.6 Å². The molecule has 2 fully saturated rings. The van der Waals surface area contributed by atoms with E-state index in [0.717, 1.165) is 12.8 Å². The first kappa shape index (κ1) is 21.6. The number of sulfonamides is 1. The van der Waals surface area contributed by atoms with Crippen molar-refractivity contribution < 1.29 is 13.2 Å². The van der Waals surface area contributed by atoms with Crippen molar-refractivity contribution in [2.45, 2.75) is 44.0 Å². The number of hydrogen-bond donors (Lipinski definition) is 1. The first-order valence-corrected chi connectivity index (χ1v) is 11.9. The smallest absolute Gasteiger partial charge is 0.244 e. The lowest BCUT2D eigenvalue weighted by Gasteiger charge is -2.36. The molecule has 1 saturated carbocycles. The Kier molecular flexibility index (Phi) is 7.02. The minimum Gasteiger partial charge on any atom is -0.352 e. The fourth-order valence-electron chi connectivity index (χ4n) is 4.16. The molecule has 8 heteroatoms. The average molecular weight is 428 g/mol. The monoisotopic (exact) mass is 427 g/mol. The summed E-state index contributed by atoms with van der Waals surface area (Å²) in [6.45, 7) is 6.57. The van der Waals surface area contributed by atoms with E-state index < -0.39 is 10.0 Å². The van der Waals surface area contributed by atoms with E-state index in [0.29, 0.717) is 44.6 Å². The highest BCUT2D eigenvalue weighted by Crippen LogP contribution is 2.29. The fraction of sp³-hybridized carbons (Fsp3) is 0.650. The summed E-state index contributed by atoms with van der Waals surface area (Å²) < 4.78 is 27.1. The molecule has 1 saturated heterocycles. The van der Waals surface area contributed by atoms with Gasteiger partial charge in [0.25, 0.3) is 0 Å². The maximum Gasteiger partial charge on any atom is 0.244 e. The number of piperazine rings is 1. The lowest BCUT2D eigenvalue weighted by Crippen LogP contribution is -2.52. The Bertz CT molecular complexity index is 794. The minimum absolute atomic E-state index is 0.0355. The zero-order chi connectivity index (χ0) is 20.3. The van der Waals surface area contributed by atoms with Gasteiger partial charge in [-0.05, 0) is 30.4 Å². The standard InChI is InChI=1S/C20H30ClN3O3S/c1-15-6-5-8-18(16(15)2)22-20(25)14-23-10-12-24(13-11-23)28(26,27)19-9-4-3-7-17(19)21/h3-4,7,9,15-16,18H,5-6,8,10-14H2,1-2H3,(H,22,25)/t15-,16-,18-/m1/s1. The maximum absolute atomic E-state index is 12.8. The Balaban J connectivity index is 1.51. The van der Waals surface area contributed by atoms with Gasteiger partial charge in [0.05, 0.1) is 11.6 Å². The number of nitrogens with one attached hydrogen (secondary N) is 1. The van der Waals surface area contributed by atoms with Crippen molar-refractivity contribution in [3.05, 3.63) is 29.3 Å². The second-order valence-corrected chi connectivity index (χ2v) is 10.4. The summed E-state index contributed by atoms with van der Waals surface area (Å²) in [5.74, 6) is 1.17. The first-order valence-electron chi connectivity index (χ1n) is 10.1. The Morgan fingerprint density at radius 3 is 2.50 bits per heavy atom. The zero-order valence-electron chi connectivity index (χ0n) is 16.6. The van der Waals surface area contributed by atoms with Gasteiger partial charge in [0.2, 0.25) is 15.9 Å². The van der Waals surface area contributed by atoms with E-state index in [1.54, 1.807) is 18.2 Å².